The normalized spacial score (nSPS) is 17.6. The van der Waals surface area contributed by atoms with E-state index in [0.29, 0.717) is 25.9 Å². The van der Waals surface area contributed by atoms with Gasteiger partial charge in [0.1, 0.15) is 0 Å². The number of nitrogens with one attached hydrogen (secondary N) is 1. The highest BCUT2D eigenvalue weighted by Crippen LogP contribution is 2.46. The van der Waals surface area contributed by atoms with Crippen molar-refractivity contribution in [3.05, 3.63) is 54.1 Å². The molecule has 1 unspecified atom stereocenters. The van der Waals surface area contributed by atoms with Crippen molar-refractivity contribution in [3.8, 4) is 0 Å². The van der Waals surface area contributed by atoms with E-state index in [4.69, 9.17) is 9.47 Å². The van der Waals surface area contributed by atoms with Gasteiger partial charge in [0.15, 0.2) is 0 Å². The number of H-pyrrole nitrogens is 1. The first kappa shape index (κ1) is 20.1. The Morgan fingerprint density at radius 1 is 1.25 bits per heavy atom. The topological polar surface area (TPSA) is 84.5 Å². The zero-order valence-corrected chi connectivity index (χ0v) is 16.4. The lowest BCUT2D eigenvalue weighted by Crippen LogP contribution is -2.50. The average molecular weight is 385 g/mol. The van der Waals surface area contributed by atoms with E-state index in [2.05, 4.69) is 14.9 Å². The van der Waals surface area contributed by atoms with Crippen LogP contribution >= 0.6 is 0 Å². The maximum atomic E-state index is 13.0. The summed E-state index contributed by atoms with van der Waals surface area (Å²) in [6, 6.07) is 9.40. The molecule has 0 aliphatic carbocycles. The van der Waals surface area contributed by atoms with E-state index in [-0.39, 0.29) is 18.5 Å². The monoisotopic (exact) mass is 385 g/mol. The highest BCUT2D eigenvalue weighted by Gasteiger charge is 2.53. The van der Waals surface area contributed by atoms with Crippen LogP contribution in [0.25, 0.3) is 0 Å². The van der Waals surface area contributed by atoms with Crippen molar-refractivity contribution >= 4 is 11.9 Å². The van der Waals surface area contributed by atoms with Gasteiger partial charge in [0.2, 0.25) is 0 Å². The second-order valence-corrected chi connectivity index (χ2v) is 7.10. The number of esters is 2. The fourth-order valence-electron chi connectivity index (χ4n) is 4.09. The molecule has 150 valence electrons. The molecule has 0 radical (unpaired) electrons. The van der Waals surface area contributed by atoms with Gasteiger partial charge < -0.3 is 14.5 Å². The number of carbonyl (C=O) groups is 2. The smallest absolute Gasteiger partial charge is 0.314 e. The van der Waals surface area contributed by atoms with Crippen LogP contribution < -0.4 is 0 Å². The average Bonchev–Trinajstić information content (AvgIpc) is 3.23. The van der Waals surface area contributed by atoms with Gasteiger partial charge in [-0.15, -0.1) is 0 Å². The van der Waals surface area contributed by atoms with Gasteiger partial charge in [0, 0.05) is 18.4 Å². The van der Waals surface area contributed by atoms with Crippen LogP contribution in [-0.2, 0) is 25.6 Å². The van der Waals surface area contributed by atoms with E-state index in [1.165, 1.54) is 7.11 Å². The van der Waals surface area contributed by atoms with Crippen molar-refractivity contribution in [2.45, 2.75) is 32.2 Å². The maximum absolute atomic E-state index is 13.0. The summed E-state index contributed by atoms with van der Waals surface area (Å²) in [6.45, 7) is 4.13. The van der Waals surface area contributed by atoms with E-state index < -0.39 is 11.3 Å². The molecule has 1 aromatic carbocycles. The molecule has 28 heavy (non-hydrogen) atoms. The van der Waals surface area contributed by atoms with Crippen LogP contribution in [0.1, 0.15) is 36.9 Å². The Hall–Kier alpha value is -2.67. The predicted octanol–water partition coefficient (Wildman–Crippen LogP) is 2.51. The number of hydrogen-bond acceptors (Lipinski definition) is 6. The maximum Gasteiger partial charge on any atom is 0.314 e. The molecule has 0 spiro atoms. The summed E-state index contributed by atoms with van der Waals surface area (Å²) in [5.41, 5.74) is 0.872. The molecule has 7 nitrogen and oxygen atoms in total. The van der Waals surface area contributed by atoms with Crippen molar-refractivity contribution in [2.24, 2.45) is 5.41 Å². The van der Waals surface area contributed by atoms with E-state index in [9.17, 15) is 9.59 Å². The molecule has 1 aromatic heterocycles. The number of likely N-dealkylation sites (tertiary alicyclic amines) is 1. The predicted molar refractivity (Wildman–Crippen MR) is 103 cm³/mol. The van der Waals surface area contributed by atoms with Gasteiger partial charge in [0.25, 0.3) is 0 Å². The van der Waals surface area contributed by atoms with Gasteiger partial charge in [-0.3, -0.25) is 14.5 Å². The van der Waals surface area contributed by atoms with Crippen molar-refractivity contribution in [2.75, 3.05) is 26.8 Å². The van der Waals surface area contributed by atoms with Gasteiger partial charge >= 0.3 is 11.9 Å². The SMILES string of the molecule is CCOC(=O)C(c1ccccc1)C1(C(=O)OC)CCN(Cc2cnc[nH]2)CC1. The summed E-state index contributed by atoms with van der Waals surface area (Å²) < 4.78 is 10.6. The Morgan fingerprint density at radius 2 is 1.96 bits per heavy atom. The third-order valence-corrected chi connectivity index (χ3v) is 5.50. The van der Waals surface area contributed by atoms with Crippen LogP contribution in [0.2, 0.25) is 0 Å². The molecule has 1 aliphatic rings. The van der Waals surface area contributed by atoms with E-state index in [1.54, 1.807) is 19.4 Å². The number of hydrogen-bond donors (Lipinski definition) is 1. The van der Waals surface area contributed by atoms with Gasteiger partial charge in [-0.05, 0) is 38.4 Å². The van der Waals surface area contributed by atoms with E-state index >= 15 is 0 Å². The summed E-state index contributed by atoms with van der Waals surface area (Å²) in [5, 5.41) is 0. The molecule has 1 atom stereocenters. The minimum absolute atomic E-state index is 0.269. The Labute approximate surface area is 165 Å². The number of rotatable bonds is 7. The zero-order chi connectivity index (χ0) is 20.0. The van der Waals surface area contributed by atoms with Crippen LogP contribution in [0.15, 0.2) is 42.9 Å². The van der Waals surface area contributed by atoms with Crippen molar-refractivity contribution < 1.29 is 19.1 Å². The molecule has 0 amide bonds. The molecule has 1 aliphatic heterocycles. The van der Waals surface area contributed by atoms with Crippen LogP contribution in [0.5, 0.6) is 0 Å². The van der Waals surface area contributed by atoms with Crippen LogP contribution in [-0.4, -0.2) is 53.6 Å². The van der Waals surface area contributed by atoms with Crippen LogP contribution in [0.3, 0.4) is 0 Å². The standard InChI is InChI=1S/C21H27N3O4/c1-3-28-19(25)18(16-7-5-4-6-8-16)21(20(26)27-2)9-11-24(12-10-21)14-17-13-22-15-23-17/h4-8,13,15,18H,3,9-12,14H2,1-2H3,(H,22,23). The molecule has 7 heteroatoms. The Bertz CT molecular complexity index is 768. The van der Waals surface area contributed by atoms with Crippen molar-refractivity contribution in [3.63, 3.8) is 0 Å². The van der Waals surface area contributed by atoms with Gasteiger partial charge in [-0.25, -0.2) is 4.98 Å². The van der Waals surface area contributed by atoms with Crippen LogP contribution in [0, 0.1) is 5.41 Å². The second-order valence-electron chi connectivity index (χ2n) is 7.10. The third kappa shape index (κ3) is 4.09. The molecule has 2 aromatic rings. The van der Waals surface area contributed by atoms with Crippen molar-refractivity contribution in [1.82, 2.24) is 14.9 Å². The van der Waals surface area contributed by atoms with Gasteiger partial charge in [-0.1, -0.05) is 30.3 Å². The van der Waals surface area contributed by atoms with E-state index in [1.807, 2.05) is 30.3 Å². The van der Waals surface area contributed by atoms with E-state index in [0.717, 1.165) is 17.8 Å². The van der Waals surface area contributed by atoms with Crippen molar-refractivity contribution in [1.29, 1.82) is 0 Å². The summed E-state index contributed by atoms with van der Waals surface area (Å²) in [5.74, 6) is -1.41. The summed E-state index contributed by atoms with van der Waals surface area (Å²) >= 11 is 0. The minimum atomic E-state index is -0.938. The summed E-state index contributed by atoms with van der Waals surface area (Å²) in [4.78, 5) is 35.3. The summed E-state index contributed by atoms with van der Waals surface area (Å²) in [7, 11) is 1.38. The highest BCUT2D eigenvalue weighted by atomic mass is 16.5. The lowest BCUT2D eigenvalue weighted by atomic mass is 9.66. The molecule has 3 rings (SSSR count). The lowest BCUT2D eigenvalue weighted by Gasteiger charge is -2.43. The summed E-state index contributed by atoms with van der Waals surface area (Å²) in [6.07, 6.45) is 4.50. The second kappa shape index (κ2) is 9.01. The molecule has 0 saturated carbocycles. The number of methoxy groups -OCH3 is 1. The Morgan fingerprint density at radius 3 is 2.54 bits per heavy atom. The number of piperidine rings is 1. The molecular formula is C21H27N3O4. The molecule has 1 fully saturated rings. The Balaban J connectivity index is 1.89. The highest BCUT2D eigenvalue weighted by molar-refractivity contribution is 5.89. The number of ether oxygens (including phenoxy) is 2. The number of imidazole rings is 1. The molecule has 2 heterocycles. The fraction of sp³-hybridized carbons (Fsp3) is 0.476. The molecule has 1 saturated heterocycles. The largest absolute Gasteiger partial charge is 0.469 e. The first-order valence-electron chi connectivity index (χ1n) is 9.60. The molecule has 1 N–H and O–H groups in total. The molecular weight excluding hydrogens is 358 g/mol. The Kier molecular flexibility index (Phi) is 6.46. The lowest BCUT2D eigenvalue weighted by molar-refractivity contribution is -0.167. The number of carbonyl (C=O) groups excluding carboxylic acids is 2. The number of aromatic nitrogens is 2. The molecule has 0 bridgehead atoms. The first-order chi connectivity index (χ1) is 13.6. The third-order valence-electron chi connectivity index (χ3n) is 5.50. The fourth-order valence-corrected chi connectivity index (χ4v) is 4.09. The number of nitrogens with zero attached hydrogens (tertiary/aromatic N) is 2. The zero-order valence-electron chi connectivity index (χ0n) is 16.4. The first-order valence-corrected chi connectivity index (χ1v) is 9.60. The quantitative estimate of drug-likeness (QED) is 0.737. The number of benzene rings is 1. The number of aromatic amines is 1. The minimum Gasteiger partial charge on any atom is -0.469 e. The van der Waals surface area contributed by atoms with Gasteiger partial charge in [-0.2, -0.15) is 0 Å². The van der Waals surface area contributed by atoms with Gasteiger partial charge in [0.05, 0.1) is 31.4 Å². The van der Waals surface area contributed by atoms with Crippen LogP contribution in [0.4, 0.5) is 0 Å².